The molecule has 1 aromatic heterocycles. The number of likely N-dealkylation sites (tertiary alicyclic amines) is 1. The number of pyridine rings is 1. The number of hydrogen-bond donors (Lipinski definition) is 7. The fourth-order valence-corrected chi connectivity index (χ4v) is 8.29. The molecule has 2 atom stereocenters. The largest absolute Gasteiger partial charge is 0.506 e. The summed E-state index contributed by atoms with van der Waals surface area (Å²) in [7, 11) is 0. The molecule has 0 bridgehead atoms. The van der Waals surface area contributed by atoms with E-state index in [-0.39, 0.29) is 48.2 Å². The number of rotatable bonds is 18. The van der Waals surface area contributed by atoms with Crippen molar-refractivity contribution in [2.45, 2.75) is 77.3 Å². The van der Waals surface area contributed by atoms with Gasteiger partial charge in [0.05, 0.1) is 23.7 Å². The van der Waals surface area contributed by atoms with Crippen LogP contribution in [0, 0.1) is 6.92 Å². The molecule has 0 spiro atoms. The minimum atomic E-state index is -0.857. The van der Waals surface area contributed by atoms with Crippen LogP contribution in [0.2, 0.25) is 0 Å². The van der Waals surface area contributed by atoms with Crippen LogP contribution in [-0.2, 0) is 40.3 Å². The van der Waals surface area contributed by atoms with Crippen molar-refractivity contribution in [2.24, 2.45) is 0 Å². The summed E-state index contributed by atoms with van der Waals surface area (Å²) in [5.74, 6) is -0.174. The van der Waals surface area contributed by atoms with Gasteiger partial charge in [-0.05, 0) is 90.3 Å². The van der Waals surface area contributed by atoms with Crippen molar-refractivity contribution in [3.8, 4) is 16.9 Å². The van der Waals surface area contributed by atoms with Crippen LogP contribution in [0.5, 0.6) is 5.75 Å². The molecule has 13 heteroatoms. The highest BCUT2D eigenvalue weighted by atomic mass is 16.6. The Morgan fingerprint density at radius 2 is 1.51 bits per heavy atom. The lowest BCUT2D eigenvalue weighted by atomic mass is 9.97. The number of aromatic amines is 1. The molecule has 13 nitrogen and oxygen atoms in total. The average Bonchev–Trinajstić information content (AvgIpc) is 3.31. The third-order valence-electron chi connectivity index (χ3n) is 12.1. The van der Waals surface area contributed by atoms with Gasteiger partial charge in [0.2, 0.25) is 17.4 Å². The van der Waals surface area contributed by atoms with Gasteiger partial charge in [-0.25, -0.2) is 4.79 Å². The smallest absolute Gasteiger partial charge is 0.411 e. The number of anilines is 1. The van der Waals surface area contributed by atoms with Crippen molar-refractivity contribution in [2.75, 3.05) is 31.5 Å². The maximum Gasteiger partial charge on any atom is 0.411 e. The van der Waals surface area contributed by atoms with E-state index in [0.717, 1.165) is 52.0 Å². The molecule has 5 aromatic carbocycles. The van der Waals surface area contributed by atoms with Crippen LogP contribution in [0.1, 0.15) is 65.7 Å². The lowest BCUT2D eigenvalue weighted by molar-refractivity contribution is -0.122. The SMILES string of the molecule is Cc1c(CNC(=O)Cc2ccc(CNC(=O)CCN3CCC(OC(=O)Nc4ccccc4-c4ccccc4)CC3)cc2)cccc1CC(C)NC[C@H](O)c1ccc(O)c2[nH]c(=O)ccc12. The monoisotopic (exact) mass is 878 g/mol. The predicted molar refractivity (Wildman–Crippen MR) is 253 cm³/mol. The number of hydrogen-bond acceptors (Lipinski definition) is 9. The molecule has 1 aliphatic heterocycles. The van der Waals surface area contributed by atoms with Gasteiger partial charge in [0.1, 0.15) is 11.9 Å². The Labute approximate surface area is 379 Å². The van der Waals surface area contributed by atoms with Crippen LogP contribution in [0.25, 0.3) is 22.0 Å². The quantitative estimate of drug-likeness (QED) is 0.0476. The number of benzene rings is 5. The summed E-state index contributed by atoms with van der Waals surface area (Å²) in [5, 5.41) is 34.2. The molecule has 1 unspecified atom stereocenters. The average molecular weight is 879 g/mol. The molecular weight excluding hydrogens is 821 g/mol. The third-order valence-corrected chi connectivity index (χ3v) is 12.1. The van der Waals surface area contributed by atoms with Crippen molar-refractivity contribution in [1.29, 1.82) is 0 Å². The Kier molecular flexibility index (Phi) is 15.8. The Bertz CT molecular complexity index is 2630. The minimum absolute atomic E-state index is 0.0292. The van der Waals surface area contributed by atoms with Gasteiger partial charge in [-0.15, -0.1) is 0 Å². The van der Waals surface area contributed by atoms with Gasteiger partial charge in [-0.3, -0.25) is 19.7 Å². The zero-order chi connectivity index (χ0) is 45.7. The van der Waals surface area contributed by atoms with Crippen molar-refractivity contribution in [1.82, 2.24) is 25.8 Å². The maximum absolute atomic E-state index is 13.0. The Balaban J connectivity index is 0.774. The molecule has 0 radical (unpaired) electrons. The van der Waals surface area contributed by atoms with E-state index in [4.69, 9.17) is 4.74 Å². The van der Waals surface area contributed by atoms with Crippen LogP contribution in [0.4, 0.5) is 10.5 Å². The summed E-state index contributed by atoms with van der Waals surface area (Å²) in [5.41, 5.74) is 8.31. The molecule has 65 heavy (non-hydrogen) atoms. The second kappa shape index (κ2) is 22.2. The molecular formula is C52H58N6O7. The van der Waals surface area contributed by atoms with E-state index in [0.29, 0.717) is 67.5 Å². The molecule has 7 N–H and O–H groups in total. The number of phenolic OH excluding ortho intramolecular Hbond substituents is 1. The van der Waals surface area contributed by atoms with Crippen molar-refractivity contribution in [3.05, 3.63) is 165 Å². The second-order valence-corrected chi connectivity index (χ2v) is 16.8. The Morgan fingerprint density at radius 3 is 2.29 bits per heavy atom. The van der Waals surface area contributed by atoms with E-state index < -0.39 is 12.2 Å². The molecule has 3 amide bonds. The number of ether oxygens (including phenoxy) is 1. The number of nitrogens with zero attached hydrogens (tertiary/aromatic N) is 1. The van der Waals surface area contributed by atoms with E-state index in [2.05, 4.69) is 44.1 Å². The minimum Gasteiger partial charge on any atom is -0.506 e. The number of para-hydroxylation sites is 1. The summed E-state index contributed by atoms with van der Waals surface area (Å²) in [6.45, 7) is 7.28. The number of aromatic hydroxyl groups is 1. The van der Waals surface area contributed by atoms with E-state index >= 15 is 0 Å². The number of nitrogens with one attached hydrogen (secondary N) is 5. The van der Waals surface area contributed by atoms with E-state index in [1.807, 2.05) is 97.9 Å². The van der Waals surface area contributed by atoms with Crippen LogP contribution in [0.15, 0.2) is 126 Å². The first kappa shape index (κ1) is 46.2. The number of piperidine rings is 1. The predicted octanol–water partition coefficient (Wildman–Crippen LogP) is 7.04. The van der Waals surface area contributed by atoms with Crippen molar-refractivity contribution >= 4 is 34.5 Å². The first-order valence-corrected chi connectivity index (χ1v) is 22.3. The zero-order valence-electron chi connectivity index (χ0n) is 36.9. The van der Waals surface area contributed by atoms with E-state index in [9.17, 15) is 29.4 Å². The molecule has 0 saturated carbocycles. The zero-order valence-corrected chi connectivity index (χ0v) is 36.9. The number of carbonyl (C=O) groups is 3. The number of fused-ring (bicyclic) bond motifs is 1. The van der Waals surface area contributed by atoms with Gasteiger partial charge in [-0.1, -0.05) is 97.1 Å². The number of aliphatic hydroxyl groups is 1. The van der Waals surface area contributed by atoms with Gasteiger partial charge in [0, 0.05) is 68.7 Å². The summed E-state index contributed by atoms with van der Waals surface area (Å²) in [6.07, 6.45) is 1.21. The van der Waals surface area contributed by atoms with E-state index in [1.165, 1.54) is 12.1 Å². The van der Waals surface area contributed by atoms with Gasteiger partial charge in [0.25, 0.3) is 0 Å². The molecule has 7 rings (SSSR count). The van der Waals surface area contributed by atoms with Crippen LogP contribution in [-0.4, -0.2) is 76.3 Å². The summed E-state index contributed by atoms with van der Waals surface area (Å²) >= 11 is 0. The summed E-state index contributed by atoms with van der Waals surface area (Å²) < 4.78 is 5.76. The lowest BCUT2D eigenvalue weighted by Crippen LogP contribution is -2.40. The number of H-pyrrole nitrogens is 1. The van der Waals surface area contributed by atoms with Crippen LogP contribution >= 0.6 is 0 Å². The normalized spacial score (nSPS) is 14.1. The molecule has 1 saturated heterocycles. The van der Waals surface area contributed by atoms with Crippen LogP contribution < -0.4 is 26.8 Å². The molecule has 1 fully saturated rings. The lowest BCUT2D eigenvalue weighted by Gasteiger charge is -2.31. The summed E-state index contributed by atoms with van der Waals surface area (Å²) in [4.78, 5) is 55.1. The van der Waals surface area contributed by atoms with Crippen molar-refractivity contribution < 1.29 is 29.3 Å². The number of aromatic nitrogens is 1. The van der Waals surface area contributed by atoms with Gasteiger partial charge < -0.3 is 40.8 Å². The number of amides is 3. The molecule has 6 aromatic rings. The van der Waals surface area contributed by atoms with E-state index in [1.54, 1.807) is 12.1 Å². The second-order valence-electron chi connectivity index (χ2n) is 16.8. The fraction of sp³-hybridized carbons (Fsp3) is 0.308. The maximum atomic E-state index is 13.0. The summed E-state index contributed by atoms with van der Waals surface area (Å²) in [6, 6.07) is 37.5. The number of phenols is 1. The Hall–Kier alpha value is -6.80. The first-order chi connectivity index (χ1) is 31.5. The molecule has 2 heterocycles. The number of aliphatic hydroxyl groups excluding tert-OH is 1. The van der Waals surface area contributed by atoms with Gasteiger partial charge in [-0.2, -0.15) is 0 Å². The highest BCUT2D eigenvalue weighted by Crippen LogP contribution is 2.30. The Morgan fingerprint density at radius 1 is 0.800 bits per heavy atom. The highest BCUT2D eigenvalue weighted by Gasteiger charge is 2.23. The molecule has 0 aliphatic carbocycles. The standard InChI is InChI=1S/C52H58N6O7/c1-34(53-33-47(60)43-19-21-46(59)51-44(43)20-22-49(62)57-51)29-39-11-8-12-40(35(39)2)32-55-50(63)30-36-15-17-37(18-16-36)31-54-48(61)25-28-58-26-23-41(24-27-58)65-52(64)56-45-14-7-6-13-42(45)38-9-4-3-5-10-38/h3-22,34,41,47,53,59-60H,23-33H2,1-2H3,(H,54,61)(H,55,63)(H,56,64)(H,57,62)/t34?,47-/m0/s1. The third kappa shape index (κ3) is 12.9. The van der Waals surface area contributed by atoms with Gasteiger partial charge >= 0.3 is 6.09 Å². The number of carbonyl (C=O) groups excluding carboxylic acids is 3. The first-order valence-electron chi connectivity index (χ1n) is 22.3. The van der Waals surface area contributed by atoms with Crippen molar-refractivity contribution in [3.63, 3.8) is 0 Å². The van der Waals surface area contributed by atoms with Gasteiger partial charge in [0.15, 0.2) is 0 Å². The molecule has 1 aliphatic rings. The topological polar surface area (TPSA) is 185 Å². The highest BCUT2D eigenvalue weighted by molar-refractivity contribution is 5.91. The van der Waals surface area contributed by atoms with Crippen LogP contribution in [0.3, 0.4) is 0 Å². The fourth-order valence-electron chi connectivity index (χ4n) is 8.29. The molecule has 338 valence electrons.